The summed E-state index contributed by atoms with van der Waals surface area (Å²) in [5, 5.41) is 9.37. The Morgan fingerprint density at radius 1 is 0.974 bits per heavy atom. The Morgan fingerprint density at radius 3 is 2.44 bits per heavy atom. The molecule has 0 saturated heterocycles. The average Bonchev–Trinajstić information content (AvgIpc) is 3.36. The van der Waals surface area contributed by atoms with Crippen LogP contribution >= 0.6 is 11.3 Å². The second-order valence-electron chi connectivity index (χ2n) is 10.0. The number of nitrogens with one attached hydrogen (secondary N) is 3. The van der Waals surface area contributed by atoms with Gasteiger partial charge in [0.2, 0.25) is 0 Å². The highest BCUT2D eigenvalue weighted by Gasteiger charge is 2.30. The molecule has 1 aliphatic heterocycles. The fraction of sp³-hybridized carbons (Fsp3) is 0.172. The molecular weight excluding hydrogens is 532 g/mol. The third kappa shape index (κ3) is 5.88. The van der Waals surface area contributed by atoms with Crippen molar-refractivity contribution < 1.29 is 18.9 Å². The van der Waals surface area contributed by atoms with Crippen LogP contribution in [0.15, 0.2) is 82.7 Å². The number of fused-ring (bicyclic) bond motifs is 2. The first-order valence-electron chi connectivity index (χ1n) is 12.2. The number of anilines is 1. The summed E-state index contributed by atoms with van der Waals surface area (Å²) in [5.74, 6) is -0.830. The normalized spacial score (nSPS) is 14.5. The maximum absolute atomic E-state index is 13.1. The molecule has 8 nitrogen and oxygen atoms in total. The van der Waals surface area contributed by atoms with Crippen LogP contribution in [0.1, 0.15) is 56.7 Å². The molecule has 1 aliphatic rings. The lowest BCUT2D eigenvalue weighted by Crippen LogP contribution is -2.40. The van der Waals surface area contributed by atoms with Gasteiger partial charge in [-0.25, -0.2) is 4.98 Å². The predicted molar refractivity (Wildman–Crippen MR) is 151 cm³/mol. The molecule has 3 N–H and O–H groups in total. The summed E-state index contributed by atoms with van der Waals surface area (Å²) in [5.41, 5.74) is 2.17. The molecule has 1 atom stereocenters. The van der Waals surface area contributed by atoms with Gasteiger partial charge in [0, 0.05) is 44.5 Å². The summed E-state index contributed by atoms with van der Waals surface area (Å²) < 4.78 is 13.1. The molecule has 1 unspecified atom stereocenters. The molecule has 4 aromatic rings. The van der Waals surface area contributed by atoms with E-state index in [2.05, 4.69) is 20.9 Å². The Kier molecular flexibility index (Phi) is 7.26. The van der Waals surface area contributed by atoms with Gasteiger partial charge in [-0.1, -0.05) is 24.3 Å². The molecule has 1 aromatic heterocycles. The zero-order chi connectivity index (χ0) is 27.7. The molecule has 3 amide bonds. The number of aromatic nitrogens is 1. The first kappa shape index (κ1) is 26.6. The van der Waals surface area contributed by atoms with Crippen molar-refractivity contribution in [2.24, 2.45) is 0 Å². The molecule has 3 aromatic carbocycles. The van der Waals surface area contributed by atoms with E-state index >= 15 is 0 Å². The van der Waals surface area contributed by atoms with Gasteiger partial charge in [-0.3, -0.25) is 14.4 Å². The Balaban J connectivity index is 1.24. The summed E-state index contributed by atoms with van der Waals surface area (Å²) in [6.45, 7) is 6.06. The molecule has 0 bridgehead atoms. The van der Waals surface area contributed by atoms with Gasteiger partial charge in [-0.2, -0.15) is 0 Å². The van der Waals surface area contributed by atoms with E-state index < -0.39 is 11.2 Å². The van der Waals surface area contributed by atoms with Crippen LogP contribution in [0.3, 0.4) is 0 Å². The van der Waals surface area contributed by atoms with Gasteiger partial charge in [-0.05, 0) is 63.2 Å². The Labute approximate surface area is 233 Å². The molecule has 39 heavy (non-hydrogen) atoms. The van der Waals surface area contributed by atoms with E-state index in [1.165, 1.54) is 11.3 Å². The van der Waals surface area contributed by atoms with E-state index in [-0.39, 0.29) is 29.8 Å². The zero-order valence-corrected chi connectivity index (χ0v) is 23.2. The maximum Gasteiger partial charge on any atom is 0.260 e. The average molecular weight is 559 g/mol. The predicted octanol–water partition coefficient (Wildman–Crippen LogP) is 5.00. The number of hydrogen-bond donors (Lipinski definition) is 3. The molecular formula is C29H26N4O4S2. The number of carbonyl (C=O) groups is 3. The molecule has 10 heteroatoms. The minimum atomic E-state index is -1.55. The highest BCUT2D eigenvalue weighted by atomic mass is 32.2. The summed E-state index contributed by atoms with van der Waals surface area (Å²) in [6, 6.07) is 18.7. The van der Waals surface area contributed by atoms with Crippen LogP contribution in [0.5, 0.6) is 0 Å². The summed E-state index contributed by atoms with van der Waals surface area (Å²) in [6.07, 6.45) is 1.71. The monoisotopic (exact) mass is 558 g/mol. The number of amides is 3. The molecule has 0 fully saturated rings. The van der Waals surface area contributed by atoms with Crippen molar-refractivity contribution in [3.05, 3.63) is 94.5 Å². The van der Waals surface area contributed by atoms with Gasteiger partial charge in [-0.15, -0.1) is 11.3 Å². The lowest BCUT2D eigenvalue weighted by atomic mass is 10.1. The van der Waals surface area contributed by atoms with E-state index in [0.717, 1.165) is 15.4 Å². The minimum Gasteiger partial charge on any atom is -0.606 e. The van der Waals surface area contributed by atoms with Crippen LogP contribution in [-0.4, -0.2) is 32.8 Å². The van der Waals surface area contributed by atoms with Gasteiger partial charge in [0.1, 0.15) is 5.01 Å². The van der Waals surface area contributed by atoms with Crippen LogP contribution in [0.2, 0.25) is 0 Å². The SMILES string of the molecule is CC(C)(C)NC(=O)c1ccc(-c2ncc(CNC(=O)c3ccc4c(c3)NC(=O)c3ccccc3[S+]4[O-])s2)cc1. The molecule has 0 spiro atoms. The van der Waals surface area contributed by atoms with Gasteiger partial charge in [0.25, 0.3) is 17.7 Å². The smallest absolute Gasteiger partial charge is 0.260 e. The topological polar surface area (TPSA) is 123 Å². The lowest BCUT2D eigenvalue weighted by molar-refractivity contribution is 0.0917. The van der Waals surface area contributed by atoms with Gasteiger partial charge in [0.15, 0.2) is 9.79 Å². The third-order valence-electron chi connectivity index (χ3n) is 5.88. The summed E-state index contributed by atoms with van der Waals surface area (Å²) >= 11 is -0.108. The number of rotatable bonds is 5. The van der Waals surface area contributed by atoms with E-state index in [4.69, 9.17) is 0 Å². The summed E-state index contributed by atoms with van der Waals surface area (Å²) in [4.78, 5) is 44.1. The van der Waals surface area contributed by atoms with Crippen LogP contribution in [0, 0.1) is 0 Å². The summed E-state index contributed by atoms with van der Waals surface area (Å²) in [7, 11) is 0. The third-order valence-corrected chi connectivity index (χ3v) is 8.44. The number of carbonyl (C=O) groups excluding carboxylic acids is 3. The lowest BCUT2D eigenvalue weighted by Gasteiger charge is -2.20. The second kappa shape index (κ2) is 10.6. The largest absolute Gasteiger partial charge is 0.606 e. The number of nitrogens with zero attached hydrogens (tertiary/aromatic N) is 1. The van der Waals surface area contributed by atoms with Crippen LogP contribution in [-0.2, 0) is 17.7 Å². The molecule has 2 heterocycles. The highest BCUT2D eigenvalue weighted by molar-refractivity contribution is 7.91. The van der Waals surface area contributed by atoms with Crippen molar-refractivity contribution in [2.75, 3.05) is 5.32 Å². The first-order valence-corrected chi connectivity index (χ1v) is 14.2. The number of thiazole rings is 1. The van der Waals surface area contributed by atoms with Crippen molar-refractivity contribution in [3.63, 3.8) is 0 Å². The quantitative estimate of drug-likeness (QED) is 0.298. The van der Waals surface area contributed by atoms with Crippen LogP contribution < -0.4 is 16.0 Å². The van der Waals surface area contributed by atoms with Crippen LogP contribution in [0.4, 0.5) is 5.69 Å². The fourth-order valence-electron chi connectivity index (χ4n) is 4.02. The van der Waals surface area contributed by atoms with Gasteiger partial charge in [0.05, 0.1) is 17.8 Å². The van der Waals surface area contributed by atoms with Crippen molar-refractivity contribution in [2.45, 2.75) is 42.6 Å². The minimum absolute atomic E-state index is 0.135. The Morgan fingerprint density at radius 2 is 1.69 bits per heavy atom. The second-order valence-corrected chi connectivity index (χ2v) is 12.6. The van der Waals surface area contributed by atoms with Crippen molar-refractivity contribution in [1.82, 2.24) is 15.6 Å². The Hall–Kier alpha value is -3.99. The molecule has 0 saturated carbocycles. The van der Waals surface area contributed by atoms with Crippen molar-refractivity contribution in [1.29, 1.82) is 0 Å². The standard InChI is InChI=1S/C29H26N4O4S2/c1-29(2,3)33-26(35)17-8-10-18(11-9-17)28-31-16-20(38-28)15-30-25(34)19-12-13-24-22(14-19)32-27(36)21-6-4-5-7-23(21)39(24)37/h4-14,16H,15H2,1-3H3,(H,30,34)(H,32,36)(H,33,35). The van der Waals surface area contributed by atoms with Gasteiger partial charge >= 0.3 is 0 Å². The molecule has 0 radical (unpaired) electrons. The van der Waals surface area contributed by atoms with Gasteiger partial charge < -0.3 is 20.5 Å². The molecule has 5 rings (SSSR count). The number of benzene rings is 3. The Bertz CT molecular complexity index is 1570. The zero-order valence-electron chi connectivity index (χ0n) is 21.5. The van der Waals surface area contributed by atoms with E-state index in [1.807, 2.05) is 32.9 Å². The van der Waals surface area contributed by atoms with Crippen molar-refractivity contribution >= 4 is 45.9 Å². The fourth-order valence-corrected chi connectivity index (χ4v) is 6.18. The van der Waals surface area contributed by atoms with E-state index in [0.29, 0.717) is 32.2 Å². The van der Waals surface area contributed by atoms with E-state index in [9.17, 15) is 18.9 Å². The molecule has 198 valence electrons. The van der Waals surface area contributed by atoms with Crippen molar-refractivity contribution in [3.8, 4) is 10.6 Å². The first-order chi connectivity index (χ1) is 18.6. The number of hydrogen-bond acceptors (Lipinski definition) is 6. The maximum atomic E-state index is 13.1. The molecule has 0 aliphatic carbocycles. The highest BCUT2D eigenvalue weighted by Crippen LogP contribution is 2.34. The van der Waals surface area contributed by atoms with E-state index in [1.54, 1.807) is 60.8 Å². The van der Waals surface area contributed by atoms with Crippen LogP contribution in [0.25, 0.3) is 10.6 Å².